The number of hydrogen-bond acceptors (Lipinski definition) is 11. The zero-order valence-corrected chi connectivity index (χ0v) is 35.7. The van der Waals surface area contributed by atoms with E-state index in [9.17, 15) is 39.0 Å². The molecule has 0 aliphatic carbocycles. The van der Waals surface area contributed by atoms with E-state index in [1.807, 2.05) is 0 Å². The van der Waals surface area contributed by atoms with Crippen LogP contribution < -0.4 is 10.6 Å². The second-order valence-electron chi connectivity index (χ2n) is 16.1. The molecule has 2 unspecified atom stereocenters. The summed E-state index contributed by atoms with van der Waals surface area (Å²) in [6.07, 6.45) is 19.8. The molecule has 330 valence electrons. The van der Waals surface area contributed by atoms with Gasteiger partial charge < -0.3 is 44.6 Å². The van der Waals surface area contributed by atoms with Crippen molar-refractivity contribution in [3.8, 4) is 0 Å². The van der Waals surface area contributed by atoms with Crippen LogP contribution in [-0.2, 0) is 43.0 Å². The van der Waals surface area contributed by atoms with Gasteiger partial charge in [-0.15, -0.1) is 0 Å². The van der Waals surface area contributed by atoms with Crippen molar-refractivity contribution in [1.29, 1.82) is 0 Å². The molecule has 1 aliphatic rings. The minimum absolute atomic E-state index is 0.0598. The molecule has 0 aromatic heterocycles. The molecular formula is C44H78N2O11. The Hall–Kier alpha value is -2.74. The van der Waals surface area contributed by atoms with Gasteiger partial charge in [-0.2, -0.15) is 0 Å². The second kappa shape index (κ2) is 33.1. The number of carbonyl (C=O) groups excluding carboxylic acids is 6. The van der Waals surface area contributed by atoms with Gasteiger partial charge in [-0.3, -0.25) is 19.2 Å². The molecule has 0 aromatic carbocycles. The highest BCUT2D eigenvalue weighted by atomic mass is 16.6. The summed E-state index contributed by atoms with van der Waals surface area (Å²) >= 11 is 0. The number of ether oxygens (including phenoxy) is 3. The maximum absolute atomic E-state index is 13.5. The zero-order valence-electron chi connectivity index (χ0n) is 35.7. The first kappa shape index (κ1) is 52.3. The van der Waals surface area contributed by atoms with E-state index in [1.165, 1.54) is 85.0 Å². The molecule has 1 rings (SSSR count). The van der Waals surface area contributed by atoms with Crippen LogP contribution in [0.5, 0.6) is 0 Å². The average molecular weight is 811 g/mol. The minimum atomic E-state index is -1.66. The first-order chi connectivity index (χ1) is 27.4. The fraction of sp³-hybridized carbons (Fsp3) is 0.864. The molecule has 8 atom stereocenters. The van der Waals surface area contributed by atoms with Gasteiger partial charge in [-0.25, -0.2) is 0 Å². The van der Waals surface area contributed by atoms with Crippen molar-refractivity contribution in [2.24, 2.45) is 5.92 Å². The predicted molar refractivity (Wildman–Crippen MR) is 219 cm³/mol. The molecule has 57 heavy (non-hydrogen) atoms. The molecule has 0 saturated carbocycles. The Morgan fingerprint density at radius 2 is 1.28 bits per heavy atom. The maximum Gasteiger partial charge on any atom is 0.306 e. The predicted octanol–water partition coefficient (Wildman–Crippen LogP) is 6.75. The Morgan fingerprint density at radius 3 is 1.81 bits per heavy atom. The molecule has 0 spiro atoms. The van der Waals surface area contributed by atoms with Crippen LogP contribution >= 0.6 is 0 Å². The summed E-state index contributed by atoms with van der Waals surface area (Å²) in [6, 6.07) is -2.03. The van der Waals surface area contributed by atoms with Gasteiger partial charge in [0.25, 0.3) is 0 Å². The van der Waals surface area contributed by atoms with Crippen molar-refractivity contribution in [2.75, 3.05) is 6.61 Å². The number of aldehydes is 2. The third kappa shape index (κ3) is 24.7. The number of hydrogen-bond donors (Lipinski definition) is 4. The molecule has 4 N–H and O–H groups in total. The summed E-state index contributed by atoms with van der Waals surface area (Å²) in [7, 11) is 0. The van der Waals surface area contributed by atoms with E-state index in [-0.39, 0.29) is 12.2 Å². The SMILES string of the molecule is CCCCCCCCCCCCCC(=O)[C@H](CCCCCCCCCCCCC=O)CC(=O)OC[C@H]1OC(O)[C@H](NC(C)=O)[C@H](OC(C)C(=O)N[C@@H](C)C=O)[C@@H]1O. The third-order valence-electron chi connectivity index (χ3n) is 10.8. The minimum Gasteiger partial charge on any atom is -0.463 e. The Bertz CT molecular complexity index is 1120. The summed E-state index contributed by atoms with van der Waals surface area (Å²) in [5.41, 5.74) is 0. The van der Waals surface area contributed by atoms with E-state index in [4.69, 9.17) is 14.2 Å². The van der Waals surface area contributed by atoms with Crippen LogP contribution in [-0.4, -0.2) is 95.7 Å². The molecular weight excluding hydrogens is 732 g/mol. The Labute approximate surface area is 342 Å². The van der Waals surface area contributed by atoms with Crippen molar-refractivity contribution in [3.63, 3.8) is 0 Å². The lowest BCUT2D eigenvalue weighted by molar-refractivity contribution is -0.267. The highest BCUT2D eigenvalue weighted by molar-refractivity contribution is 5.85. The molecule has 1 saturated heterocycles. The van der Waals surface area contributed by atoms with Crippen molar-refractivity contribution < 1.29 is 53.2 Å². The van der Waals surface area contributed by atoms with Gasteiger partial charge in [0, 0.05) is 25.7 Å². The lowest BCUT2D eigenvalue weighted by Crippen LogP contribution is -2.65. The topological polar surface area (TPSA) is 195 Å². The molecule has 0 bridgehead atoms. The van der Waals surface area contributed by atoms with Crippen LogP contribution in [0.2, 0.25) is 0 Å². The van der Waals surface area contributed by atoms with E-state index in [0.717, 1.165) is 76.9 Å². The molecule has 13 nitrogen and oxygen atoms in total. The smallest absolute Gasteiger partial charge is 0.306 e. The van der Waals surface area contributed by atoms with Gasteiger partial charge >= 0.3 is 5.97 Å². The first-order valence-corrected chi connectivity index (χ1v) is 22.3. The van der Waals surface area contributed by atoms with Crippen LogP contribution in [0.25, 0.3) is 0 Å². The fourth-order valence-corrected chi connectivity index (χ4v) is 7.31. The summed E-state index contributed by atoms with van der Waals surface area (Å²) in [4.78, 5) is 72.6. The molecule has 13 heteroatoms. The molecule has 1 fully saturated rings. The summed E-state index contributed by atoms with van der Waals surface area (Å²) < 4.78 is 16.9. The van der Waals surface area contributed by atoms with Crippen LogP contribution in [0.15, 0.2) is 0 Å². The number of carbonyl (C=O) groups is 6. The summed E-state index contributed by atoms with van der Waals surface area (Å²) in [5.74, 6) is -2.23. The first-order valence-electron chi connectivity index (χ1n) is 22.3. The third-order valence-corrected chi connectivity index (χ3v) is 10.8. The van der Waals surface area contributed by atoms with Gasteiger partial charge in [-0.05, 0) is 33.1 Å². The molecule has 2 amide bonds. The van der Waals surface area contributed by atoms with Crippen molar-refractivity contribution in [1.82, 2.24) is 10.6 Å². The van der Waals surface area contributed by atoms with Gasteiger partial charge in [0.1, 0.15) is 55.4 Å². The van der Waals surface area contributed by atoms with E-state index < -0.39 is 73.1 Å². The molecule has 1 heterocycles. The lowest BCUT2D eigenvalue weighted by atomic mass is 9.90. The van der Waals surface area contributed by atoms with Gasteiger partial charge in [-0.1, -0.05) is 129 Å². The Kier molecular flexibility index (Phi) is 30.4. The number of amides is 2. The van der Waals surface area contributed by atoms with Crippen molar-refractivity contribution in [2.45, 2.75) is 231 Å². The Morgan fingerprint density at radius 1 is 0.754 bits per heavy atom. The second-order valence-corrected chi connectivity index (χ2v) is 16.1. The number of esters is 1. The maximum atomic E-state index is 13.5. The highest BCUT2D eigenvalue weighted by Crippen LogP contribution is 2.26. The number of aliphatic hydroxyl groups excluding tert-OH is 2. The van der Waals surface area contributed by atoms with E-state index >= 15 is 0 Å². The van der Waals surface area contributed by atoms with E-state index in [2.05, 4.69) is 17.6 Å². The summed E-state index contributed by atoms with van der Waals surface area (Å²) in [5, 5.41) is 26.9. The number of rotatable bonds is 36. The highest BCUT2D eigenvalue weighted by Gasteiger charge is 2.47. The average Bonchev–Trinajstić information content (AvgIpc) is 3.18. The van der Waals surface area contributed by atoms with E-state index in [0.29, 0.717) is 25.5 Å². The van der Waals surface area contributed by atoms with Gasteiger partial charge in [0.05, 0.1) is 12.5 Å². The number of unbranched alkanes of at least 4 members (excludes halogenated alkanes) is 20. The zero-order chi connectivity index (χ0) is 42.3. The van der Waals surface area contributed by atoms with Gasteiger partial charge in [0.15, 0.2) is 6.29 Å². The number of nitrogens with one attached hydrogen (secondary N) is 2. The van der Waals surface area contributed by atoms with Crippen molar-refractivity contribution >= 4 is 36.1 Å². The molecule has 0 aromatic rings. The van der Waals surface area contributed by atoms with Crippen LogP contribution in [0.1, 0.15) is 188 Å². The van der Waals surface area contributed by atoms with Crippen LogP contribution in [0, 0.1) is 5.92 Å². The lowest BCUT2D eigenvalue weighted by Gasteiger charge is -2.43. The number of aliphatic hydroxyl groups is 2. The summed E-state index contributed by atoms with van der Waals surface area (Å²) in [6.45, 7) is 5.87. The number of ketones is 1. The Balaban J connectivity index is 2.74. The van der Waals surface area contributed by atoms with Crippen LogP contribution in [0.3, 0.4) is 0 Å². The monoisotopic (exact) mass is 811 g/mol. The van der Waals surface area contributed by atoms with Crippen LogP contribution in [0.4, 0.5) is 0 Å². The van der Waals surface area contributed by atoms with Gasteiger partial charge in [0.2, 0.25) is 11.8 Å². The fourth-order valence-electron chi connectivity index (χ4n) is 7.31. The number of Topliss-reactive ketones (excluding diaryl/α,β-unsaturated/α-hetero) is 1. The van der Waals surface area contributed by atoms with E-state index in [1.54, 1.807) is 0 Å². The quantitative estimate of drug-likeness (QED) is 0.0297. The molecule has 1 aliphatic heterocycles. The standard InChI is InChI=1S/C44H78N2O11/c1-5-6-7-8-9-10-12-16-19-22-25-28-37(50)36(27-24-21-18-15-13-11-14-17-20-23-26-29-47)30-39(51)55-32-38-41(52)42(40(44(54)57-38)46-35(4)49)56-34(3)43(53)45-33(2)31-48/h29,31,33-34,36,38,40-42,44,52,54H,5-28,30,32H2,1-4H3,(H,45,53)(H,46,49)/t33-,34?,36+,38+,40+,41+,42-,44?/m0/s1. The molecule has 0 radical (unpaired) electrons. The normalized spacial score (nSPS) is 20.9. The van der Waals surface area contributed by atoms with Crippen molar-refractivity contribution in [3.05, 3.63) is 0 Å². The largest absolute Gasteiger partial charge is 0.463 e.